The highest BCUT2D eigenvalue weighted by Gasteiger charge is 2.23. The van der Waals surface area contributed by atoms with Crippen molar-refractivity contribution in [2.45, 2.75) is 10.8 Å². The van der Waals surface area contributed by atoms with E-state index in [2.05, 4.69) is 29.2 Å². The number of nitrogens with zero attached hydrogens (tertiary/aromatic N) is 1. The van der Waals surface area contributed by atoms with E-state index in [1.54, 1.807) is 18.5 Å². The van der Waals surface area contributed by atoms with E-state index in [1.165, 1.54) is 10.5 Å². The lowest BCUT2D eigenvalue weighted by Gasteiger charge is -2.12. The summed E-state index contributed by atoms with van der Waals surface area (Å²) in [6, 6.07) is 10.3. The zero-order valence-corrected chi connectivity index (χ0v) is 11.2. The van der Waals surface area contributed by atoms with Gasteiger partial charge in [-0.1, -0.05) is 29.8 Å². The van der Waals surface area contributed by atoms with Crippen LogP contribution < -0.4 is 4.74 Å². The Kier molecular flexibility index (Phi) is 3.43. The molecule has 3 rings (SSSR count). The monoisotopic (exact) mass is 277 g/mol. The number of rotatable bonds is 3. The third-order valence-electron chi connectivity index (χ3n) is 2.93. The Balaban J connectivity index is 1.69. The van der Waals surface area contributed by atoms with Gasteiger partial charge in [0.15, 0.2) is 0 Å². The number of hydrogen-bond donors (Lipinski definition) is 0. The van der Waals surface area contributed by atoms with E-state index in [4.69, 9.17) is 16.3 Å². The average molecular weight is 278 g/mol. The van der Waals surface area contributed by atoms with Gasteiger partial charge in [-0.25, -0.2) is 0 Å². The second kappa shape index (κ2) is 5.21. The second-order valence-corrected chi connectivity index (χ2v) is 5.69. The molecule has 4 heteroatoms. The molecule has 0 bridgehead atoms. The van der Waals surface area contributed by atoms with Crippen molar-refractivity contribution in [2.75, 3.05) is 12.4 Å². The van der Waals surface area contributed by atoms with Crippen LogP contribution in [0.5, 0.6) is 5.75 Å². The van der Waals surface area contributed by atoms with Crippen LogP contribution in [0.25, 0.3) is 0 Å². The van der Waals surface area contributed by atoms with Gasteiger partial charge in [-0.3, -0.25) is 4.98 Å². The third kappa shape index (κ3) is 2.47. The fourth-order valence-electron chi connectivity index (χ4n) is 2.04. The number of pyridine rings is 1. The molecule has 18 heavy (non-hydrogen) atoms. The highest BCUT2D eigenvalue weighted by Crippen LogP contribution is 2.39. The van der Waals surface area contributed by atoms with Gasteiger partial charge in [0.05, 0.1) is 17.8 Å². The summed E-state index contributed by atoms with van der Waals surface area (Å²) < 4.78 is 5.77. The van der Waals surface area contributed by atoms with Crippen LogP contribution in [-0.2, 0) is 0 Å². The normalized spacial score (nSPS) is 17.5. The summed E-state index contributed by atoms with van der Waals surface area (Å²) >= 11 is 7.77. The van der Waals surface area contributed by atoms with E-state index in [0.29, 0.717) is 17.5 Å². The Morgan fingerprint density at radius 3 is 3.11 bits per heavy atom. The Hall–Kier alpha value is -1.19. The molecule has 2 nitrogen and oxygen atoms in total. The molecule has 0 N–H and O–H groups in total. The Bertz CT molecular complexity index is 561. The van der Waals surface area contributed by atoms with Gasteiger partial charge in [-0.2, -0.15) is 0 Å². The maximum absolute atomic E-state index is 5.87. The highest BCUT2D eigenvalue weighted by molar-refractivity contribution is 7.99. The van der Waals surface area contributed by atoms with Gasteiger partial charge in [0.25, 0.3) is 0 Å². The van der Waals surface area contributed by atoms with E-state index >= 15 is 0 Å². The van der Waals surface area contributed by atoms with Gasteiger partial charge >= 0.3 is 0 Å². The molecule has 0 radical (unpaired) electrons. The molecule has 0 amide bonds. The predicted octanol–water partition coefficient (Wildman–Crippen LogP) is 4.00. The zero-order chi connectivity index (χ0) is 12.4. The van der Waals surface area contributed by atoms with Crippen molar-refractivity contribution in [2.24, 2.45) is 0 Å². The minimum Gasteiger partial charge on any atom is -0.491 e. The molecule has 0 saturated heterocycles. The number of aromatic nitrogens is 1. The van der Waals surface area contributed by atoms with Crippen LogP contribution in [0.1, 0.15) is 11.5 Å². The van der Waals surface area contributed by atoms with Crippen LogP contribution in [0.2, 0.25) is 5.02 Å². The highest BCUT2D eigenvalue weighted by atomic mass is 35.5. The summed E-state index contributed by atoms with van der Waals surface area (Å²) in [7, 11) is 0. The summed E-state index contributed by atoms with van der Waals surface area (Å²) in [5, 5.41) is 0.605. The molecular formula is C14H12ClNOS. The smallest absolute Gasteiger partial charge is 0.139 e. The lowest BCUT2D eigenvalue weighted by molar-refractivity contribution is 0.297. The summed E-state index contributed by atoms with van der Waals surface area (Å²) in [6.07, 6.45) is 3.30. The molecule has 0 aliphatic carbocycles. The van der Waals surface area contributed by atoms with Crippen LogP contribution in [0.3, 0.4) is 0 Å². The fourth-order valence-corrected chi connectivity index (χ4v) is 3.43. The maximum atomic E-state index is 5.87. The number of ether oxygens (including phenoxy) is 1. The minimum atomic E-state index is 0.449. The summed E-state index contributed by atoms with van der Waals surface area (Å²) in [5.41, 5.74) is 1.39. The number of benzene rings is 1. The van der Waals surface area contributed by atoms with E-state index in [0.717, 1.165) is 11.5 Å². The van der Waals surface area contributed by atoms with Crippen LogP contribution >= 0.6 is 23.4 Å². The average Bonchev–Trinajstić information content (AvgIpc) is 2.80. The topological polar surface area (TPSA) is 22.1 Å². The molecule has 1 aromatic heterocycles. The van der Waals surface area contributed by atoms with E-state index in [1.807, 2.05) is 11.8 Å². The largest absolute Gasteiger partial charge is 0.491 e. The Morgan fingerprint density at radius 1 is 1.33 bits per heavy atom. The first-order chi connectivity index (χ1) is 8.83. The molecular weight excluding hydrogens is 266 g/mol. The van der Waals surface area contributed by atoms with Crippen molar-refractivity contribution >= 4 is 23.4 Å². The van der Waals surface area contributed by atoms with Gasteiger partial charge in [0.2, 0.25) is 0 Å². The molecule has 1 aromatic carbocycles. The zero-order valence-electron chi connectivity index (χ0n) is 9.67. The van der Waals surface area contributed by atoms with Crippen LogP contribution in [0.4, 0.5) is 0 Å². The number of hydrogen-bond acceptors (Lipinski definition) is 3. The van der Waals surface area contributed by atoms with Crippen molar-refractivity contribution in [1.29, 1.82) is 0 Å². The first kappa shape index (κ1) is 11.9. The molecule has 1 atom stereocenters. The first-order valence-corrected chi connectivity index (χ1v) is 7.14. The van der Waals surface area contributed by atoms with E-state index in [9.17, 15) is 0 Å². The molecule has 1 aliphatic rings. The number of halogens is 1. The lowest BCUT2D eigenvalue weighted by atomic mass is 10.0. The molecule has 1 unspecified atom stereocenters. The van der Waals surface area contributed by atoms with Crippen LogP contribution in [0, 0.1) is 0 Å². The quantitative estimate of drug-likeness (QED) is 0.846. The van der Waals surface area contributed by atoms with Crippen molar-refractivity contribution in [3.63, 3.8) is 0 Å². The molecule has 0 saturated carbocycles. The fraction of sp³-hybridized carbons (Fsp3) is 0.214. The van der Waals surface area contributed by atoms with Gasteiger partial charge < -0.3 is 4.74 Å². The lowest BCUT2D eigenvalue weighted by Crippen LogP contribution is -2.09. The minimum absolute atomic E-state index is 0.449. The summed E-state index contributed by atoms with van der Waals surface area (Å²) in [5.74, 6) is 2.26. The predicted molar refractivity (Wildman–Crippen MR) is 74.6 cm³/mol. The molecule has 1 aliphatic heterocycles. The van der Waals surface area contributed by atoms with E-state index < -0.39 is 0 Å². The summed E-state index contributed by atoms with van der Waals surface area (Å²) in [4.78, 5) is 5.38. The molecule has 2 aromatic rings. The number of thioether (sulfide) groups is 1. The first-order valence-electron chi connectivity index (χ1n) is 5.78. The van der Waals surface area contributed by atoms with Gasteiger partial charge in [0.1, 0.15) is 5.75 Å². The molecule has 0 fully saturated rings. The molecule has 92 valence electrons. The number of fused-ring (bicyclic) bond motifs is 1. The molecule has 2 heterocycles. The van der Waals surface area contributed by atoms with Crippen LogP contribution in [-0.4, -0.2) is 17.3 Å². The maximum Gasteiger partial charge on any atom is 0.139 e. The van der Waals surface area contributed by atoms with Crippen molar-refractivity contribution in [3.05, 3.63) is 53.3 Å². The standard InChI is InChI=1S/C14H12ClNOS/c15-11-5-12(7-16-6-11)17-8-10-9-18-14-4-2-1-3-13(10)14/h1-7,10H,8-9H2. The van der Waals surface area contributed by atoms with Crippen molar-refractivity contribution in [1.82, 2.24) is 4.98 Å². The Labute approximate surface area is 115 Å². The third-order valence-corrected chi connectivity index (χ3v) is 4.39. The van der Waals surface area contributed by atoms with Crippen molar-refractivity contribution in [3.8, 4) is 5.75 Å². The second-order valence-electron chi connectivity index (χ2n) is 4.20. The molecule has 0 spiro atoms. The van der Waals surface area contributed by atoms with Gasteiger partial charge in [0, 0.05) is 28.8 Å². The van der Waals surface area contributed by atoms with Crippen LogP contribution in [0.15, 0.2) is 47.6 Å². The SMILES string of the molecule is Clc1cncc(OCC2CSc3ccccc32)c1. The van der Waals surface area contributed by atoms with Gasteiger partial charge in [-0.05, 0) is 11.6 Å². The van der Waals surface area contributed by atoms with Gasteiger partial charge in [-0.15, -0.1) is 11.8 Å². The summed E-state index contributed by atoms with van der Waals surface area (Å²) in [6.45, 7) is 0.673. The van der Waals surface area contributed by atoms with E-state index in [-0.39, 0.29) is 0 Å². The Morgan fingerprint density at radius 2 is 2.22 bits per heavy atom. The van der Waals surface area contributed by atoms with Crippen molar-refractivity contribution < 1.29 is 4.74 Å².